The highest BCUT2D eigenvalue weighted by atomic mass is 79.9. The maximum absolute atomic E-state index is 12.3. The number of aromatic hydroxyl groups is 1. The number of hydrogen-bond acceptors (Lipinski definition) is 2. The molecule has 0 aliphatic rings. The fourth-order valence-corrected chi connectivity index (χ4v) is 2.64. The predicted octanol–water partition coefficient (Wildman–Crippen LogP) is 4.33. The summed E-state index contributed by atoms with van der Waals surface area (Å²) < 4.78 is 0.867. The molecule has 0 fully saturated rings. The second-order valence-electron chi connectivity index (χ2n) is 4.88. The Morgan fingerprint density at radius 1 is 1.15 bits per heavy atom. The molecule has 0 heterocycles. The van der Waals surface area contributed by atoms with Crippen LogP contribution >= 0.6 is 15.9 Å². The number of carbonyl (C=O) groups is 1. The number of anilines is 1. The second kappa shape index (κ2) is 5.67. The molecule has 0 bridgehead atoms. The van der Waals surface area contributed by atoms with Crippen LogP contribution in [0.5, 0.6) is 5.75 Å². The van der Waals surface area contributed by atoms with Gasteiger partial charge in [-0.25, -0.2) is 0 Å². The molecule has 0 saturated heterocycles. The number of amides is 1. The maximum Gasteiger partial charge on any atom is 0.255 e. The van der Waals surface area contributed by atoms with Gasteiger partial charge in [-0.05, 0) is 56.2 Å². The highest BCUT2D eigenvalue weighted by Crippen LogP contribution is 2.28. The van der Waals surface area contributed by atoms with Crippen LogP contribution in [0.25, 0.3) is 0 Å². The molecule has 1 amide bonds. The zero-order valence-corrected chi connectivity index (χ0v) is 13.2. The van der Waals surface area contributed by atoms with Gasteiger partial charge in [0.1, 0.15) is 5.75 Å². The zero-order valence-electron chi connectivity index (χ0n) is 11.6. The number of nitrogens with one attached hydrogen (secondary N) is 1. The predicted molar refractivity (Wildman–Crippen MR) is 84.4 cm³/mol. The van der Waals surface area contributed by atoms with E-state index in [1.54, 1.807) is 25.1 Å². The van der Waals surface area contributed by atoms with Crippen LogP contribution in [0.3, 0.4) is 0 Å². The van der Waals surface area contributed by atoms with Gasteiger partial charge in [0.05, 0.1) is 0 Å². The Labute approximate surface area is 126 Å². The molecular formula is C16H16BrNO2. The second-order valence-corrected chi connectivity index (χ2v) is 5.79. The van der Waals surface area contributed by atoms with Crippen molar-refractivity contribution in [2.75, 3.05) is 5.32 Å². The summed E-state index contributed by atoms with van der Waals surface area (Å²) in [6, 6.07) is 9.12. The van der Waals surface area contributed by atoms with Crippen LogP contribution in [-0.2, 0) is 0 Å². The van der Waals surface area contributed by atoms with Crippen LogP contribution < -0.4 is 5.32 Å². The van der Waals surface area contributed by atoms with Crippen LogP contribution in [0.4, 0.5) is 5.69 Å². The molecule has 2 aromatic rings. The van der Waals surface area contributed by atoms with Crippen molar-refractivity contribution in [2.24, 2.45) is 0 Å². The maximum atomic E-state index is 12.3. The molecule has 4 heteroatoms. The van der Waals surface area contributed by atoms with E-state index < -0.39 is 0 Å². The van der Waals surface area contributed by atoms with Gasteiger partial charge in [-0.1, -0.05) is 22.0 Å². The van der Waals surface area contributed by atoms with Crippen molar-refractivity contribution in [1.29, 1.82) is 0 Å². The molecule has 3 nitrogen and oxygen atoms in total. The lowest BCUT2D eigenvalue weighted by Gasteiger charge is -2.12. The van der Waals surface area contributed by atoms with Crippen molar-refractivity contribution in [3.05, 3.63) is 57.1 Å². The molecule has 2 aromatic carbocycles. The fourth-order valence-electron chi connectivity index (χ4n) is 2.03. The minimum absolute atomic E-state index is 0.194. The van der Waals surface area contributed by atoms with Gasteiger partial charge in [-0.15, -0.1) is 0 Å². The summed E-state index contributed by atoms with van der Waals surface area (Å²) in [6.07, 6.45) is 0. The molecule has 2 rings (SSSR count). The highest BCUT2D eigenvalue weighted by Gasteiger charge is 2.11. The Hall–Kier alpha value is -1.81. The molecule has 20 heavy (non-hydrogen) atoms. The topological polar surface area (TPSA) is 49.3 Å². The average Bonchev–Trinajstić information content (AvgIpc) is 2.38. The summed E-state index contributed by atoms with van der Waals surface area (Å²) in [6.45, 7) is 5.54. The van der Waals surface area contributed by atoms with Gasteiger partial charge in [0.15, 0.2) is 0 Å². The van der Waals surface area contributed by atoms with E-state index >= 15 is 0 Å². The first-order valence-electron chi connectivity index (χ1n) is 6.26. The molecule has 0 aliphatic heterocycles. The van der Waals surface area contributed by atoms with Crippen molar-refractivity contribution in [3.63, 3.8) is 0 Å². The van der Waals surface area contributed by atoms with Crippen LogP contribution in [0.2, 0.25) is 0 Å². The van der Waals surface area contributed by atoms with E-state index in [4.69, 9.17) is 0 Å². The Bertz CT molecular complexity index is 660. The largest absolute Gasteiger partial charge is 0.507 e. The van der Waals surface area contributed by atoms with Gasteiger partial charge in [0.2, 0.25) is 0 Å². The van der Waals surface area contributed by atoms with Crippen molar-refractivity contribution in [2.45, 2.75) is 20.8 Å². The number of halogens is 1. The van der Waals surface area contributed by atoms with Crippen LogP contribution in [-0.4, -0.2) is 11.0 Å². The summed E-state index contributed by atoms with van der Waals surface area (Å²) in [4.78, 5) is 12.3. The fraction of sp³-hybridized carbons (Fsp3) is 0.188. The number of hydrogen-bond donors (Lipinski definition) is 2. The smallest absolute Gasteiger partial charge is 0.255 e. The van der Waals surface area contributed by atoms with E-state index in [2.05, 4.69) is 21.2 Å². The Morgan fingerprint density at radius 3 is 2.50 bits per heavy atom. The summed E-state index contributed by atoms with van der Waals surface area (Å²) in [5, 5.41) is 12.7. The van der Waals surface area contributed by atoms with Crippen molar-refractivity contribution in [3.8, 4) is 5.75 Å². The number of phenols is 1. The standard InChI is InChI=1S/C16H16BrNO2/c1-9-6-12(8-13(17)7-9)16(20)18-14-5-4-10(2)15(19)11(14)3/h4-8,19H,1-3H3,(H,18,20). The quantitative estimate of drug-likeness (QED) is 0.859. The van der Waals surface area contributed by atoms with E-state index in [0.29, 0.717) is 16.8 Å². The Morgan fingerprint density at radius 2 is 1.85 bits per heavy atom. The third kappa shape index (κ3) is 3.02. The minimum atomic E-state index is -0.194. The monoisotopic (exact) mass is 333 g/mol. The molecule has 0 aromatic heterocycles. The molecule has 0 radical (unpaired) electrons. The Balaban J connectivity index is 2.30. The lowest BCUT2D eigenvalue weighted by molar-refractivity contribution is 0.102. The number of phenolic OH excluding ortho intramolecular Hbond substituents is 1. The molecule has 104 valence electrons. The molecular weight excluding hydrogens is 318 g/mol. The van der Waals surface area contributed by atoms with Gasteiger partial charge >= 0.3 is 0 Å². The first kappa shape index (κ1) is 14.6. The molecule has 2 N–H and O–H groups in total. The highest BCUT2D eigenvalue weighted by molar-refractivity contribution is 9.10. The van der Waals surface area contributed by atoms with Crippen LogP contribution in [0.1, 0.15) is 27.0 Å². The first-order chi connectivity index (χ1) is 9.38. The van der Waals surface area contributed by atoms with Gasteiger partial charge < -0.3 is 10.4 Å². The van der Waals surface area contributed by atoms with E-state index in [1.807, 2.05) is 26.0 Å². The van der Waals surface area contributed by atoms with E-state index in [-0.39, 0.29) is 11.7 Å². The molecule has 0 unspecified atom stereocenters. The summed E-state index contributed by atoms with van der Waals surface area (Å²) in [5.41, 5.74) is 3.67. The van der Waals surface area contributed by atoms with Gasteiger partial charge in [0.25, 0.3) is 5.91 Å². The van der Waals surface area contributed by atoms with Crippen LogP contribution in [0, 0.1) is 20.8 Å². The lowest BCUT2D eigenvalue weighted by Crippen LogP contribution is -2.13. The molecule has 0 spiro atoms. The third-order valence-electron chi connectivity index (χ3n) is 3.19. The van der Waals surface area contributed by atoms with E-state index in [1.165, 1.54) is 0 Å². The van der Waals surface area contributed by atoms with Gasteiger partial charge in [-0.3, -0.25) is 4.79 Å². The molecule has 0 saturated carbocycles. The number of aryl methyl sites for hydroxylation is 2. The summed E-state index contributed by atoms with van der Waals surface area (Å²) in [5.74, 6) is 0.0222. The molecule has 0 atom stereocenters. The first-order valence-corrected chi connectivity index (χ1v) is 7.05. The van der Waals surface area contributed by atoms with Crippen molar-refractivity contribution >= 4 is 27.5 Å². The number of carbonyl (C=O) groups excluding carboxylic acids is 1. The Kier molecular flexibility index (Phi) is 4.14. The van der Waals surface area contributed by atoms with Crippen LogP contribution in [0.15, 0.2) is 34.8 Å². The lowest BCUT2D eigenvalue weighted by atomic mass is 10.1. The van der Waals surface area contributed by atoms with E-state index in [0.717, 1.165) is 15.6 Å². The van der Waals surface area contributed by atoms with Gasteiger partial charge in [0, 0.05) is 21.3 Å². The van der Waals surface area contributed by atoms with Gasteiger partial charge in [-0.2, -0.15) is 0 Å². The zero-order chi connectivity index (χ0) is 14.9. The third-order valence-corrected chi connectivity index (χ3v) is 3.64. The SMILES string of the molecule is Cc1cc(Br)cc(C(=O)Nc2ccc(C)c(O)c2C)c1. The normalized spacial score (nSPS) is 10.4. The molecule has 0 aliphatic carbocycles. The summed E-state index contributed by atoms with van der Waals surface area (Å²) in [7, 11) is 0. The van der Waals surface area contributed by atoms with Crippen molar-refractivity contribution in [1.82, 2.24) is 0 Å². The van der Waals surface area contributed by atoms with E-state index in [9.17, 15) is 9.90 Å². The number of rotatable bonds is 2. The van der Waals surface area contributed by atoms with Crippen molar-refractivity contribution < 1.29 is 9.90 Å². The average molecular weight is 334 g/mol. The number of benzene rings is 2. The minimum Gasteiger partial charge on any atom is -0.507 e. The summed E-state index contributed by atoms with van der Waals surface area (Å²) >= 11 is 3.38.